The van der Waals surface area contributed by atoms with Gasteiger partial charge in [0.15, 0.2) is 5.82 Å². The number of aryl methyl sites for hydroxylation is 2. The molecule has 0 unspecified atom stereocenters. The topological polar surface area (TPSA) is 25.8 Å². The first-order valence-electron chi connectivity index (χ1n) is 6.33. The highest BCUT2D eigenvalue weighted by molar-refractivity contribution is 9.08. The maximum atomic E-state index is 13.6. The maximum absolute atomic E-state index is 13.6. The van der Waals surface area contributed by atoms with Crippen LogP contribution in [0.5, 0.6) is 0 Å². The van der Waals surface area contributed by atoms with Gasteiger partial charge in [0.1, 0.15) is 5.82 Å². The first-order valence-corrected chi connectivity index (χ1v) is 7.45. The second kappa shape index (κ2) is 6.24. The summed E-state index contributed by atoms with van der Waals surface area (Å²) >= 11 is 3.44. The van der Waals surface area contributed by atoms with Gasteiger partial charge in [-0.1, -0.05) is 41.4 Å². The molecule has 2 aromatic rings. The van der Waals surface area contributed by atoms with Gasteiger partial charge in [-0.25, -0.2) is 14.4 Å². The van der Waals surface area contributed by atoms with E-state index in [0.717, 1.165) is 35.0 Å². The number of nitrogens with zero attached hydrogens (tertiary/aromatic N) is 2. The first-order chi connectivity index (χ1) is 9.15. The van der Waals surface area contributed by atoms with Crippen LogP contribution in [0.2, 0.25) is 0 Å². The van der Waals surface area contributed by atoms with Crippen LogP contribution in [0, 0.1) is 12.7 Å². The minimum atomic E-state index is -0.220. The zero-order valence-corrected chi connectivity index (χ0v) is 12.7. The molecule has 0 radical (unpaired) electrons. The molecule has 0 N–H and O–H groups in total. The van der Waals surface area contributed by atoms with Crippen molar-refractivity contribution in [1.82, 2.24) is 9.97 Å². The van der Waals surface area contributed by atoms with Crippen LogP contribution in [0.1, 0.15) is 30.2 Å². The van der Waals surface area contributed by atoms with Crippen molar-refractivity contribution in [3.8, 4) is 11.4 Å². The van der Waals surface area contributed by atoms with Gasteiger partial charge in [0.2, 0.25) is 0 Å². The van der Waals surface area contributed by atoms with Crippen molar-refractivity contribution < 1.29 is 4.39 Å². The summed E-state index contributed by atoms with van der Waals surface area (Å²) in [6.45, 7) is 3.86. The Hall–Kier alpha value is -1.29. The van der Waals surface area contributed by atoms with Gasteiger partial charge in [0.25, 0.3) is 0 Å². The van der Waals surface area contributed by atoms with Crippen LogP contribution in [-0.2, 0) is 11.8 Å². The second-order valence-corrected chi connectivity index (χ2v) is 5.07. The van der Waals surface area contributed by atoms with E-state index in [0.29, 0.717) is 11.4 Å². The molecule has 0 atom stereocenters. The van der Waals surface area contributed by atoms with Gasteiger partial charge < -0.3 is 0 Å². The standard InChI is InChI=1S/C15H16BrFN2/c1-3-4-14-12(8-16)9-18-15(19-14)11-6-5-10(2)13(17)7-11/h5-7,9H,3-4,8H2,1-2H3. The Balaban J connectivity index is 2.44. The van der Waals surface area contributed by atoms with E-state index in [1.54, 1.807) is 13.0 Å². The zero-order valence-electron chi connectivity index (χ0n) is 11.1. The molecule has 0 spiro atoms. The maximum Gasteiger partial charge on any atom is 0.159 e. The normalized spacial score (nSPS) is 10.7. The van der Waals surface area contributed by atoms with Gasteiger partial charge in [-0.3, -0.25) is 0 Å². The fourth-order valence-corrected chi connectivity index (χ4v) is 2.35. The highest BCUT2D eigenvalue weighted by atomic mass is 79.9. The molecule has 19 heavy (non-hydrogen) atoms. The molecule has 0 fully saturated rings. The Kier molecular flexibility index (Phi) is 4.64. The molecule has 0 saturated heterocycles. The van der Waals surface area contributed by atoms with Gasteiger partial charge >= 0.3 is 0 Å². The lowest BCUT2D eigenvalue weighted by atomic mass is 10.1. The summed E-state index contributed by atoms with van der Waals surface area (Å²) in [5.41, 5.74) is 3.49. The molecule has 4 heteroatoms. The lowest BCUT2D eigenvalue weighted by Gasteiger charge is -2.08. The second-order valence-electron chi connectivity index (χ2n) is 4.51. The summed E-state index contributed by atoms with van der Waals surface area (Å²) in [7, 11) is 0. The van der Waals surface area contributed by atoms with Gasteiger partial charge in [-0.05, 0) is 25.0 Å². The third-order valence-electron chi connectivity index (χ3n) is 3.02. The van der Waals surface area contributed by atoms with Crippen molar-refractivity contribution in [2.45, 2.75) is 32.0 Å². The monoisotopic (exact) mass is 322 g/mol. The Morgan fingerprint density at radius 1 is 1.32 bits per heavy atom. The van der Waals surface area contributed by atoms with Crippen molar-refractivity contribution in [1.29, 1.82) is 0 Å². The number of hydrogen-bond acceptors (Lipinski definition) is 2. The number of benzene rings is 1. The highest BCUT2D eigenvalue weighted by Gasteiger charge is 2.09. The third kappa shape index (κ3) is 3.18. The number of halogens is 2. The molecule has 1 heterocycles. The molecular weight excluding hydrogens is 307 g/mol. The Morgan fingerprint density at radius 2 is 2.11 bits per heavy atom. The van der Waals surface area contributed by atoms with Crippen molar-refractivity contribution in [2.24, 2.45) is 0 Å². The van der Waals surface area contributed by atoms with Crippen LogP contribution in [0.4, 0.5) is 4.39 Å². The molecule has 0 aliphatic heterocycles. The predicted molar refractivity (Wildman–Crippen MR) is 78.8 cm³/mol. The zero-order chi connectivity index (χ0) is 13.8. The van der Waals surface area contributed by atoms with Crippen LogP contribution in [0.25, 0.3) is 11.4 Å². The highest BCUT2D eigenvalue weighted by Crippen LogP contribution is 2.21. The lowest BCUT2D eigenvalue weighted by Crippen LogP contribution is -2.00. The largest absolute Gasteiger partial charge is 0.236 e. The fraction of sp³-hybridized carbons (Fsp3) is 0.333. The van der Waals surface area contributed by atoms with Crippen LogP contribution in [-0.4, -0.2) is 9.97 Å². The molecule has 0 amide bonds. The van der Waals surface area contributed by atoms with Crippen LogP contribution < -0.4 is 0 Å². The predicted octanol–water partition coefficient (Wildman–Crippen LogP) is 4.44. The summed E-state index contributed by atoms with van der Waals surface area (Å²) < 4.78 is 13.6. The molecular formula is C15H16BrFN2. The fourth-order valence-electron chi connectivity index (χ4n) is 1.88. The van der Waals surface area contributed by atoms with Crippen LogP contribution >= 0.6 is 15.9 Å². The first kappa shape index (κ1) is 14.1. The molecule has 1 aromatic carbocycles. The summed E-state index contributed by atoms with van der Waals surface area (Å²) in [4.78, 5) is 8.89. The van der Waals surface area contributed by atoms with Crippen molar-refractivity contribution >= 4 is 15.9 Å². The average molecular weight is 323 g/mol. The van der Waals surface area contributed by atoms with E-state index < -0.39 is 0 Å². The van der Waals surface area contributed by atoms with E-state index in [9.17, 15) is 4.39 Å². The summed E-state index contributed by atoms with van der Waals surface area (Å²) in [5, 5.41) is 0.741. The number of aromatic nitrogens is 2. The smallest absolute Gasteiger partial charge is 0.159 e. The van der Waals surface area contributed by atoms with Crippen LogP contribution in [0.15, 0.2) is 24.4 Å². The Morgan fingerprint density at radius 3 is 2.74 bits per heavy atom. The number of alkyl halides is 1. The van der Waals surface area contributed by atoms with E-state index in [-0.39, 0.29) is 5.82 Å². The molecule has 100 valence electrons. The molecule has 0 bridgehead atoms. The third-order valence-corrected chi connectivity index (χ3v) is 3.62. The molecule has 2 rings (SSSR count). The SMILES string of the molecule is CCCc1nc(-c2ccc(C)c(F)c2)ncc1CBr. The molecule has 0 aliphatic carbocycles. The Bertz CT molecular complexity index is 584. The summed E-state index contributed by atoms with van der Waals surface area (Å²) in [6.07, 6.45) is 3.75. The van der Waals surface area contributed by atoms with Crippen molar-refractivity contribution in [3.63, 3.8) is 0 Å². The molecule has 1 aromatic heterocycles. The quantitative estimate of drug-likeness (QED) is 0.778. The van der Waals surface area contributed by atoms with Gasteiger partial charge in [0.05, 0.1) is 0 Å². The van der Waals surface area contributed by atoms with Crippen LogP contribution in [0.3, 0.4) is 0 Å². The summed E-state index contributed by atoms with van der Waals surface area (Å²) in [6, 6.07) is 5.11. The van der Waals surface area contributed by atoms with Gasteiger partial charge in [-0.2, -0.15) is 0 Å². The molecule has 0 saturated carbocycles. The van der Waals surface area contributed by atoms with Gasteiger partial charge in [0, 0.05) is 28.3 Å². The number of rotatable bonds is 4. The average Bonchev–Trinajstić information content (AvgIpc) is 2.42. The summed E-state index contributed by atoms with van der Waals surface area (Å²) in [5.74, 6) is 0.370. The molecule has 0 aliphatic rings. The Labute approximate surface area is 121 Å². The van der Waals surface area contributed by atoms with Gasteiger partial charge in [-0.15, -0.1) is 0 Å². The minimum Gasteiger partial charge on any atom is -0.236 e. The molecule has 2 nitrogen and oxygen atoms in total. The van der Waals surface area contributed by atoms with Crippen molar-refractivity contribution in [2.75, 3.05) is 0 Å². The van der Waals surface area contributed by atoms with E-state index in [2.05, 4.69) is 32.8 Å². The lowest BCUT2D eigenvalue weighted by molar-refractivity contribution is 0.619. The van der Waals surface area contributed by atoms with E-state index in [1.807, 2.05) is 12.3 Å². The van der Waals surface area contributed by atoms with E-state index in [1.165, 1.54) is 6.07 Å². The van der Waals surface area contributed by atoms with E-state index in [4.69, 9.17) is 0 Å². The number of hydrogen-bond donors (Lipinski definition) is 0. The van der Waals surface area contributed by atoms with Crippen molar-refractivity contribution in [3.05, 3.63) is 47.0 Å². The van der Waals surface area contributed by atoms with E-state index >= 15 is 0 Å². The minimum absolute atomic E-state index is 0.220.